The van der Waals surface area contributed by atoms with Crippen molar-refractivity contribution in [2.24, 2.45) is 5.92 Å². The molecule has 2 amide bonds. The number of carbonyl (C=O) groups excluding carboxylic acids is 2. The Bertz CT molecular complexity index is 773. The van der Waals surface area contributed by atoms with Gasteiger partial charge in [0.15, 0.2) is 0 Å². The van der Waals surface area contributed by atoms with Gasteiger partial charge in [-0.15, -0.1) is 0 Å². The predicted octanol–water partition coefficient (Wildman–Crippen LogP) is 4.69. The van der Waals surface area contributed by atoms with E-state index in [0.29, 0.717) is 21.3 Å². The second-order valence-electron chi connectivity index (χ2n) is 6.10. The van der Waals surface area contributed by atoms with Gasteiger partial charge in [0.2, 0.25) is 5.91 Å². The van der Waals surface area contributed by atoms with E-state index in [9.17, 15) is 9.59 Å². The van der Waals surface area contributed by atoms with E-state index in [1.54, 1.807) is 42.5 Å². The van der Waals surface area contributed by atoms with Crippen LogP contribution < -0.4 is 10.6 Å². The Labute approximate surface area is 157 Å². The van der Waals surface area contributed by atoms with Crippen LogP contribution in [0.25, 0.3) is 0 Å². The Hall–Kier alpha value is -2.04. The highest BCUT2D eigenvalue weighted by Crippen LogP contribution is 2.23. The van der Waals surface area contributed by atoms with Crippen LogP contribution in [0.4, 0.5) is 5.69 Å². The van der Waals surface area contributed by atoms with Crippen LogP contribution in [0.1, 0.15) is 29.8 Å². The number of nitrogens with one attached hydrogen (secondary N) is 2. The lowest BCUT2D eigenvalue weighted by molar-refractivity contribution is -0.118. The molecule has 4 nitrogen and oxygen atoms in total. The molecule has 0 heterocycles. The summed E-state index contributed by atoms with van der Waals surface area (Å²) in [5.41, 5.74) is 1.86. The lowest BCUT2D eigenvalue weighted by Gasteiger charge is -2.22. The Kier molecular flexibility index (Phi) is 6.45. The highest BCUT2D eigenvalue weighted by molar-refractivity contribution is 6.31. The first-order chi connectivity index (χ1) is 11.8. The lowest BCUT2D eigenvalue weighted by Crippen LogP contribution is -2.47. The zero-order chi connectivity index (χ0) is 18.6. The van der Waals surface area contributed by atoms with Crippen LogP contribution in [-0.2, 0) is 4.79 Å². The molecule has 2 aromatic rings. The summed E-state index contributed by atoms with van der Waals surface area (Å²) in [6, 6.07) is 11.1. The number of halogens is 2. The average molecular weight is 379 g/mol. The maximum atomic E-state index is 12.6. The van der Waals surface area contributed by atoms with Crippen molar-refractivity contribution in [3.05, 3.63) is 63.6 Å². The average Bonchev–Trinajstić information content (AvgIpc) is 2.56. The Morgan fingerprint density at radius 1 is 1.00 bits per heavy atom. The number of carbonyl (C=O) groups is 2. The maximum Gasteiger partial charge on any atom is 0.251 e. The molecule has 0 bridgehead atoms. The third-order valence-electron chi connectivity index (χ3n) is 3.87. The lowest BCUT2D eigenvalue weighted by atomic mass is 10.0. The summed E-state index contributed by atoms with van der Waals surface area (Å²) in [5.74, 6) is -0.702. The van der Waals surface area contributed by atoms with Crippen molar-refractivity contribution in [3.8, 4) is 0 Å². The van der Waals surface area contributed by atoms with Gasteiger partial charge in [-0.2, -0.15) is 0 Å². The highest BCUT2D eigenvalue weighted by Gasteiger charge is 2.25. The number of benzene rings is 2. The van der Waals surface area contributed by atoms with Gasteiger partial charge in [-0.1, -0.05) is 43.1 Å². The quantitative estimate of drug-likeness (QED) is 0.792. The van der Waals surface area contributed by atoms with Crippen LogP contribution in [0.3, 0.4) is 0 Å². The Morgan fingerprint density at radius 3 is 2.24 bits per heavy atom. The van der Waals surface area contributed by atoms with Gasteiger partial charge in [0, 0.05) is 21.3 Å². The van der Waals surface area contributed by atoms with Gasteiger partial charge in [-0.05, 0) is 54.8 Å². The van der Waals surface area contributed by atoms with Crippen LogP contribution in [0, 0.1) is 12.8 Å². The van der Waals surface area contributed by atoms with Gasteiger partial charge in [-0.25, -0.2) is 0 Å². The molecule has 25 heavy (non-hydrogen) atoms. The molecule has 1 unspecified atom stereocenters. The first-order valence-corrected chi connectivity index (χ1v) is 8.67. The van der Waals surface area contributed by atoms with Crippen molar-refractivity contribution in [2.75, 3.05) is 5.32 Å². The molecule has 0 fully saturated rings. The van der Waals surface area contributed by atoms with Crippen molar-refractivity contribution >= 4 is 40.7 Å². The van der Waals surface area contributed by atoms with Gasteiger partial charge in [0.25, 0.3) is 5.91 Å². The van der Waals surface area contributed by atoms with Crippen LogP contribution >= 0.6 is 23.2 Å². The summed E-state index contributed by atoms with van der Waals surface area (Å²) < 4.78 is 0. The van der Waals surface area contributed by atoms with Crippen molar-refractivity contribution in [2.45, 2.75) is 26.8 Å². The minimum atomic E-state index is -0.679. The van der Waals surface area contributed by atoms with Crippen LogP contribution in [0.15, 0.2) is 42.5 Å². The molecule has 0 aliphatic carbocycles. The van der Waals surface area contributed by atoms with Gasteiger partial charge < -0.3 is 10.6 Å². The molecule has 2 N–H and O–H groups in total. The smallest absolute Gasteiger partial charge is 0.251 e. The van der Waals surface area contributed by atoms with Crippen molar-refractivity contribution < 1.29 is 9.59 Å². The van der Waals surface area contributed by atoms with Crippen molar-refractivity contribution in [1.82, 2.24) is 5.32 Å². The molecule has 0 aromatic heterocycles. The van der Waals surface area contributed by atoms with E-state index in [-0.39, 0.29) is 17.7 Å². The van der Waals surface area contributed by atoms with E-state index < -0.39 is 6.04 Å². The molecule has 132 valence electrons. The number of rotatable bonds is 5. The number of anilines is 1. The number of hydrogen-bond donors (Lipinski definition) is 2. The van der Waals surface area contributed by atoms with Crippen molar-refractivity contribution in [1.29, 1.82) is 0 Å². The Balaban J connectivity index is 2.14. The van der Waals surface area contributed by atoms with Gasteiger partial charge in [0.1, 0.15) is 6.04 Å². The number of amides is 2. The minimum absolute atomic E-state index is 0.0873. The molecule has 0 aliphatic heterocycles. The topological polar surface area (TPSA) is 58.2 Å². The zero-order valence-electron chi connectivity index (χ0n) is 14.3. The third kappa shape index (κ3) is 4.97. The molecule has 0 radical (unpaired) electrons. The fraction of sp³-hybridized carbons (Fsp3) is 0.263. The SMILES string of the molecule is Cc1c(Cl)cccc1NC(=O)C(NC(=O)c1ccc(Cl)cc1)C(C)C. The first kappa shape index (κ1) is 19.3. The second-order valence-corrected chi connectivity index (χ2v) is 6.95. The molecule has 2 rings (SSSR count). The van der Waals surface area contributed by atoms with E-state index in [0.717, 1.165) is 5.56 Å². The highest BCUT2D eigenvalue weighted by atomic mass is 35.5. The minimum Gasteiger partial charge on any atom is -0.340 e. The fourth-order valence-electron chi connectivity index (χ4n) is 2.31. The molecule has 0 saturated carbocycles. The van der Waals surface area contributed by atoms with E-state index in [1.165, 1.54) is 0 Å². The number of hydrogen-bond acceptors (Lipinski definition) is 2. The van der Waals surface area contributed by atoms with Gasteiger partial charge >= 0.3 is 0 Å². The Morgan fingerprint density at radius 2 is 1.64 bits per heavy atom. The maximum absolute atomic E-state index is 12.6. The fourth-order valence-corrected chi connectivity index (χ4v) is 2.61. The monoisotopic (exact) mass is 378 g/mol. The zero-order valence-corrected chi connectivity index (χ0v) is 15.8. The third-order valence-corrected chi connectivity index (χ3v) is 4.53. The summed E-state index contributed by atoms with van der Waals surface area (Å²) in [7, 11) is 0. The van der Waals surface area contributed by atoms with E-state index in [1.807, 2.05) is 20.8 Å². The molecular weight excluding hydrogens is 359 g/mol. The van der Waals surface area contributed by atoms with Crippen LogP contribution in [0.5, 0.6) is 0 Å². The van der Waals surface area contributed by atoms with Gasteiger partial charge in [-0.3, -0.25) is 9.59 Å². The standard InChI is InChI=1S/C19H20Cl2N2O2/c1-11(2)17(23-18(24)13-7-9-14(20)10-8-13)19(25)22-16-6-4-5-15(21)12(16)3/h4-11,17H,1-3H3,(H,22,25)(H,23,24). The summed E-state index contributed by atoms with van der Waals surface area (Å²) in [6.45, 7) is 5.57. The van der Waals surface area contributed by atoms with Gasteiger partial charge in [0.05, 0.1) is 0 Å². The first-order valence-electron chi connectivity index (χ1n) is 7.92. The second kappa shape index (κ2) is 8.37. The summed E-state index contributed by atoms with van der Waals surface area (Å²) in [5, 5.41) is 6.74. The van der Waals surface area contributed by atoms with Crippen molar-refractivity contribution in [3.63, 3.8) is 0 Å². The van der Waals surface area contributed by atoms with Crippen LogP contribution in [0.2, 0.25) is 10.0 Å². The molecular formula is C19H20Cl2N2O2. The predicted molar refractivity (Wildman–Crippen MR) is 102 cm³/mol. The van der Waals surface area contributed by atoms with E-state index >= 15 is 0 Å². The summed E-state index contributed by atoms with van der Waals surface area (Å²) >= 11 is 11.9. The molecule has 2 aromatic carbocycles. The molecule has 6 heteroatoms. The molecule has 0 saturated heterocycles. The summed E-state index contributed by atoms with van der Waals surface area (Å²) in [4.78, 5) is 25.0. The largest absolute Gasteiger partial charge is 0.340 e. The molecule has 0 aliphatic rings. The molecule has 0 spiro atoms. The molecule has 1 atom stereocenters. The normalized spacial score (nSPS) is 11.9. The summed E-state index contributed by atoms with van der Waals surface area (Å²) in [6.07, 6.45) is 0. The van der Waals surface area contributed by atoms with E-state index in [4.69, 9.17) is 23.2 Å². The van der Waals surface area contributed by atoms with Crippen LogP contribution in [-0.4, -0.2) is 17.9 Å². The van der Waals surface area contributed by atoms with E-state index in [2.05, 4.69) is 10.6 Å².